The first kappa shape index (κ1) is 12.6. The summed E-state index contributed by atoms with van der Waals surface area (Å²) >= 11 is 0. The molecule has 2 heteroatoms. The number of benzene rings is 2. The third-order valence-corrected chi connectivity index (χ3v) is 4.34. The molecule has 3 rings (SSSR count). The van der Waals surface area contributed by atoms with E-state index in [2.05, 4.69) is 54.4 Å². The van der Waals surface area contributed by atoms with Crippen molar-refractivity contribution in [1.29, 1.82) is 0 Å². The van der Waals surface area contributed by atoms with Crippen molar-refractivity contribution < 1.29 is 0 Å². The summed E-state index contributed by atoms with van der Waals surface area (Å²) in [5.41, 5.74) is 7.56. The highest BCUT2D eigenvalue weighted by molar-refractivity contribution is 5.82. The number of likely N-dealkylation sites (N-methyl/N-ethyl adjacent to an activating group) is 1. The number of rotatable bonds is 3. The quantitative estimate of drug-likeness (QED) is 0.911. The van der Waals surface area contributed by atoms with Crippen LogP contribution in [0.1, 0.15) is 24.8 Å². The van der Waals surface area contributed by atoms with Crippen LogP contribution >= 0.6 is 0 Å². The van der Waals surface area contributed by atoms with Gasteiger partial charge in [0.25, 0.3) is 0 Å². The molecule has 0 spiro atoms. The van der Waals surface area contributed by atoms with E-state index in [4.69, 9.17) is 5.73 Å². The zero-order valence-electron chi connectivity index (χ0n) is 11.5. The lowest BCUT2D eigenvalue weighted by Gasteiger charge is -2.27. The first-order valence-electron chi connectivity index (χ1n) is 7.17. The van der Waals surface area contributed by atoms with Crippen molar-refractivity contribution in [3.63, 3.8) is 0 Å². The highest BCUT2D eigenvalue weighted by atomic mass is 15.1. The summed E-state index contributed by atoms with van der Waals surface area (Å²) in [5, 5.41) is 2.63. The minimum Gasteiger partial charge on any atom is -0.326 e. The highest BCUT2D eigenvalue weighted by Crippen LogP contribution is 2.24. The maximum Gasteiger partial charge on any atom is 0.0247 e. The maximum atomic E-state index is 6.18. The van der Waals surface area contributed by atoms with Crippen LogP contribution in [-0.4, -0.2) is 24.0 Å². The van der Waals surface area contributed by atoms with Crippen molar-refractivity contribution >= 4 is 10.8 Å². The average molecular weight is 254 g/mol. The smallest absolute Gasteiger partial charge is 0.0247 e. The topological polar surface area (TPSA) is 29.3 Å². The highest BCUT2D eigenvalue weighted by Gasteiger charge is 2.27. The van der Waals surface area contributed by atoms with Gasteiger partial charge in [-0.3, -0.25) is 4.90 Å². The third-order valence-electron chi connectivity index (χ3n) is 4.34. The van der Waals surface area contributed by atoms with Crippen LogP contribution in [0.15, 0.2) is 42.5 Å². The molecule has 1 aliphatic rings. The number of nitrogens with two attached hydrogens (primary N) is 1. The van der Waals surface area contributed by atoms with Crippen LogP contribution in [0.25, 0.3) is 10.8 Å². The Bertz CT molecular complexity index is 564. The van der Waals surface area contributed by atoms with Crippen LogP contribution in [0.4, 0.5) is 0 Å². The Balaban J connectivity index is 1.77. The fourth-order valence-electron chi connectivity index (χ4n) is 3.26. The van der Waals surface area contributed by atoms with E-state index in [-0.39, 0.29) is 0 Å². The monoisotopic (exact) mass is 254 g/mol. The summed E-state index contributed by atoms with van der Waals surface area (Å²) in [6, 6.07) is 16.2. The van der Waals surface area contributed by atoms with E-state index in [0.29, 0.717) is 12.1 Å². The molecule has 1 saturated carbocycles. The SMILES string of the molecule is CN(Cc1ccc2ccccc2c1)C1CCCC1N. The van der Waals surface area contributed by atoms with Crippen molar-refractivity contribution in [2.75, 3.05) is 7.05 Å². The standard InChI is InChI=1S/C17H22N2/c1-19(17-8-4-7-16(17)18)12-13-9-10-14-5-2-3-6-15(14)11-13/h2-3,5-6,9-11,16-17H,4,7-8,12,18H2,1H3. The summed E-state index contributed by atoms with van der Waals surface area (Å²) in [7, 11) is 2.20. The van der Waals surface area contributed by atoms with E-state index >= 15 is 0 Å². The molecule has 0 heterocycles. The largest absolute Gasteiger partial charge is 0.326 e. The molecule has 2 N–H and O–H groups in total. The molecule has 0 bridgehead atoms. The van der Waals surface area contributed by atoms with Gasteiger partial charge in [0.1, 0.15) is 0 Å². The van der Waals surface area contributed by atoms with E-state index in [9.17, 15) is 0 Å². The van der Waals surface area contributed by atoms with Crippen molar-refractivity contribution in [1.82, 2.24) is 4.90 Å². The Morgan fingerprint density at radius 1 is 1.11 bits per heavy atom. The molecule has 0 saturated heterocycles. The van der Waals surface area contributed by atoms with Crippen molar-refractivity contribution in [2.45, 2.75) is 37.9 Å². The van der Waals surface area contributed by atoms with Crippen LogP contribution in [0.2, 0.25) is 0 Å². The predicted octanol–water partition coefficient (Wildman–Crippen LogP) is 3.15. The van der Waals surface area contributed by atoms with E-state index in [1.165, 1.54) is 35.6 Å². The van der Waals surface area contributed by atoms with Crippen LogP contribution < -0.4 is 5.73 Å². The summed E-state index contributed by atoms with van der Waals surface area (Å²) < 4.78 is 0. The Labute approximate surface area is 115 Å². The van der Waals surface area contributed by atoms with Crippen molar-refractivity contribution in [3.8, 4) is 0 Å². The fraction of sp³-hybridized carbons (Fsp3) is 0.412. The molecule has 0 radical (unpaired) electrons. The van der Waals surface area contributed by atoms with Crippen molar-refractivity contribution in [2.24, 2.45) is 5.73 Å². The lowest BCUT2D eigenvalue weighted by atomic mass is 10.1. The van der Waals surface area contributed by atoms with Gasteiger partial charge < -0.3 is 5.73 Å². The molecule has 2 unspecified atom stereocenters. The first-order chi connectivity index (χ1) is 9.24. The van der Waals surface area contributed by atoms with Gasteiger partial charge in [0.2, 0.25) is 0 Å². The van der Waals surface area contributed by atoms with Gasteiger partial charge in [-0.25, -0.2) is 0 Å². The summed E-state index contributed by atoms with van der Waals surface area (Å²) in [4.78, 5) is 2.42. The van der Waals surface area contributed by atoms with Gasteiger partial charge in [-0.2, -0.15) is 0 Å². The van der Waals surface area contributed by atoms with Gasteiger partial charge in [-0.05, 0) is 42.3 Å². The zero-order valence-corrected chi connectivity index (χ0v) is 11.5. The second kappa shape index (κ2) is 5.32. The van der Waals surface area contributed by atoms with Crippen LogP contribution in [0.3, 0.4) is 0 Å². The number of hydrogen-bond acceptors (Lipinski definition) is 2. The second-order valence-corrected chi connectivity index (χ2v) is 5.76. The average Bonchev–Trinajstić information content (AvgIpc) is 2.85. The number of fused-ring (bicyclic) bond motifs is 1. The number of hydrogen-bond donors (Lipinski definition) is 1. The molecule has 0 aromatic heterocycles. The first-order valence-corrected chi connectivity index (χ1v) is 7.17. The molecule has 100 valence electrons. The lowest BCUT2D eigenvalue weighted by Crippen LogP contribution is -2.41. The van der Waals surface area contributed by atoms with E-state index in [1.807, 2.05) is 0 Å². The zero-order chi connectivity index (χ0) is 13.2. The Morgan fingerprint density at radius 3 is 2.63 bits per heavy atom. The molecule has 1 aliphatic carbocycles. The van der Waals surface area contributed by atoms with Gasteiger partial charge in [0.05, 0.1) is 0 Å². The van der Waals surface area contributed by atoms with E-state index in [0.717, 1.165) is 6.54 Å². The van der Waals surface area contributed by atoms with Gasteiger partial charge in [0, 0.05) is 18.6 Å². The maximum absolute atomic E-state index is 6.18. The van der Waals surface area contributed by atoms with Gasteiger partial charge >= 0.3 is 0 Å². The Hall–Kier alpha value is -1.38. The molecule has 0 amide bonds. The summed E-state index contributed by atoms with van der Waals surface area (Å²) in [6.45, 7) is 0.989. The summed E-state index contributed by atoms with van der Waals surface area (Å²) in [6.07, 6.45) is 3.69. The van der Waals surface area contributed by atoms with E-state index in [1.54, 1.807) is 0 Å². The molecule has 19 heavy (non-hydrogen) atoms. The summed E-state index contributed by atoms with van der Waals surface area (Å²) in [5.74, 6) is 0. The Morgan fingerprint density at radius 2 is 1.89 bits per heavy atom. The molecule has 0 aliphatic heterocycles. The van der Waals surface area contributed by atoms with Crippen LogP contribution in [0.5, 0.6) is 0 Å². The molecular weight excluding hydrogens is 232 g/mol. The molecule has 2 aromatic rings. The number of nitrogens with zero attached hydrogens (tertiary/aromatic N) is 1. The lowest BCUT2D eigenvalue weighted by molar-refractivity contribution is 0.220. The third kappa shape index (κ3) is 2.65. The van der Waals surface area contributed by atoms with Crippen molar-refractivity contribution in [3.05, 3.63) is 48.0 Å². The molecule has 2 nitrogen and oxygen atoms in total. The molecule has 2 aromatic carbocycles. The minimum absolute atomic E-state index is 0.352. The fourth-order valence-corrected chi connectivity index (χ4v) is 3.26. The van der Waals surface area contributed by atoms with Crippen LogP contribution in [-0.2, 0) is 6.54 Å². The predicted molar refractivity (Wildman–Crippen MR) is 81.0 cm³/mol. The molecular formula is C17H22N2. The molecule has 2 atom stereocenters. The Kier molecular flexibility index (Phi) is 3.54. The molecule has 1 fully saturated rings. The van der Waals surface area contributed by atoms with Gasteiger partial charge in [0.15, 0.2) is 0 Å². The van der Waals surface area contributed by atoms with E-state index < -0.39 is 0 Å². The minimum atomic E-state index is 0.352. The van der Waals surface area contributed by atoms with Gasteiger partial charge in [-0.15, -0.1) is 0 Å². The second-order valence-electron chi connectivity index (χ2n) is 5.76. The normalized spacial score (nSPS) is 23.3. The van der Waals surface area contributed by atoms with Gasteiger partial charge in [-0.1, -0.05) is 42.8 Å². The van der Waals surface area contributed by atoms with Crippen LogP contribution in [0, 0.1) is 0 Å².